The van der Waals surface area contributed by atoms with Crippen LogP contribution in [0.1, 0.15) is 23.5 Å². The summed E-state index contributed by atoms with van der Waals surface area (Å²) >= 11 is 1.86. The molecule has 0 aliphatic carbocycles. The van der Waals surface area contributed by atoms with E-state index in [1.165, 1.54) is 11.1 Å². The van der Waals surface area contributed by atoms with Crippen molar-refractivity contribution < 1.29 is 9.90 Å². The molecule has 1 saturated heterocycles. The minimum Gasteiger partial charge on any atom is -0.481 e. The van der Waals surface area contributed by atoms with Gasteiger partial charge in [0.05, 0.1) is 5.92 Å². The fourth-order valence-electron chi connectivity index (χ4n) is 2.34. The Balaban J connectivity index is 2.30. The lowest BCUT2D eigenvalue weighted by molar-refractivity contribution is -0.142. The van der Waals surface area contributed by atoms with Gasteiger partial charge in [-0.15, -0.1) is 0 Å². The lowest BCUT2D eigenvalue weighted by Gasteiger charge is -2.29. The zero-order valence-electron chi connectivity index (χ0n) is 9.35. The highest BCUT2D eigenvalue weighted by molar-refractivity contribution is 7.99. The fraction of sp³-hybridized carbons (Fsp3) is 0.462. The maximum absolute atomic E-state index is 11.2. The largest absolute Gasteiger partial charge is 0.481 e. The lowest BCUT2D eigenvalue weighted by Crippen LogP contribution is -2.28. The van der Waals surface area contributed by atoms with Crippen LogP contribution in [-0.4, -0.2) is 22.6 Å². The predicted molar refractivity (Wildman–Crippen MR) is 67.0 cm³/mol. The molecule has 1 N–H and O–H groups in total. The normalized spacial score (nSPS) is 25.3. The summed E-state index contributed by atoms with van der Waals surface area (Å²) in [5.74, 6) is 1.23. The summed E-state index contributed by atoms with van der Waals surface area (Å²) in [5, 5.41) is 9.25. The summed E-state index contributed by atoms with van der Waals surface area (Å²) in [6.45, 7) is 2.06. The molecule has 2 rings (SSSR count). The molecule has 1 aliphatic heterocycles. The predicted octanol–water partition coefficient (Wildman–Crippen LogP) is 2.92. The van der Waals surface area contributed by atoms with Crippen molar-refractivity contribution in [2.24, 2.45) is 5.92 Å². The van der Waals surface area contributed by atoms with Crippen molar-refractivity contribution in [2.45, 2.75) is 19.3 Å². The van der Waals surface area contributed by atoms with Crippen LogP contribution < -0.4 is 0 Å². The fourth-order valence-corrected chi connectivity index (χ4v) is 3.60. The number of aryl methyl sites for hydroxylation is 1. The van der Waals surface area contributed by atoms with Gasteiger partial charge < -0.3 is 5.11 Å². The second-order valence-electron chi connectivity index (χ2n) is 4.27. The van der Waals surface area contributed by atoms with Crippen LogP contribution in [0.2, 0.25) is 0 Å². The second-order valence-corrected chi connectivity index (χ2v) is 5.42. The summed E-state index contributed by atoms with van der Waals surface area (Å²) in [6, 6.07) is 8.14. The third-order valence-corrected chi connectivity index (χ3v) is 4.38. The van der Waals surface area contributed by atoms with Crippen LogP contribution in [0.3, 0.4) is 0 Å². The molecule has 0 spiro atoms. The van der Waals surface area contributed by atoms with Crippen LogP contribution in [0.4, 0.5) is 0 Å². The average Bonchev–Trinajstić information content (AvgIpc) is 2.29. The first kappa shape index (κ1) is 11.5. The van der Waals surface area contributed by atoms with Crippen molar-refractivity contribution in [1.29, 1.82) is 0 Å². The molecule has 16 heavy (non-hydrogen) atoms. The molecular weight excluding hydrogens is 220 g/mol. The lowest BCUT2D eigenvalue weighted by atomic mass is 9.83. The second kappa shape index (κ2) is 4.91. The number of carboxylic acids is 1. The van der Waals surface area contributed by atoms with E-state index in [1.807, 2.05) is 23.9 Å². The standard InChI is InChI=1S/C13H16O2S/c1-9-4-2-3-5-10(9)12-8-16-7-6-11(12)13(14)15/h2-5,11-12H,6-8H2,1H3,(H,14,15). The molecule has 1 aromatic rings. The molecule has 86 valence electrons. The Morgan fingerprint density at radius 2 is 2.19 bits per heavy atom. The molecule has 2 unspecified atom stereocenters. The van der Waals surface area contributed by atoms with E-state index in [4.69, 9.17) is 0 Å². The van der Waals surface area contributed by atoms with Gasteiger partial charge in [0.1, 0.15) is 0 Å². The molecule has 2 nitrogen and oxygen atoms in total. The number of hydrogen-bond acceptors (Lipinski definition) is 2. The van der Waals surface area contributed by atoms with Gasteiger partial charge >= 0.3 is 5.97 Å². The topological polar surface area (TPSA) is 37.3 Å². The zero-order chi connectivity index (χ0) is 11.5. The van der Waals surface area contributed by atoms with Crippen molar-refractivity contribution >= 4 is 17.7 Å². The van der Waals surface area contributed by atoms with Gasteiger partial charge in [0.15, 0.2) is 0 Å². The van der Waals surface area contributed by atoms with E-state index in [9.17, 15) is 9.90 Å². The Morgan fingerprint density at radius 3 is 2.88 bits per heavy atom. The highest BCUT2D eigenvalue weighted by Gasteiger charge is 2.32. The van der Waals surface area contributed by atoms with E-state index < -0.39 is 5.97 Å². The number of rotatable bonds is 2. The maximum Gasteiger partial charge on any atom is 0.307 e. The number of carbonyl (C=O) groups is 1. The van der Waals surface area contributed by atoms with Crippen LogP contribution in [0.15, 0.2) is 24.3 Å². The molecule has 1 heterocycles. The van der Waals surface area contributed by atoms with Gasteiger partial charge in [-0.3, -0.25) is 4.79 Å². The average molecular weight is 236 g/mol. The van der Waals surface area contributed by atoms with Gasteiger partial charge in [0.2, 0.25) is 0 Å². The smallest absolute Gasteiger partial charge is 0.307 e. The summed E-state index contributed by atoms with van der Waals surface area (Å²) in [7, 11) is 0. The Labute approximate surface area is 100 Å². The van der Waals surface area contributed by atoms with Crippen LogP contribution >= 0.6 is 11.8 Å². The van der Waals surface area contributed by atoms with E-state index in [-0.39, 0.29) is 11.8 Å². The van der Waals surface area contributed by atoms with Crippen molar-refractivity contribution in [3.63, 3.8) is 0 Å². The molecule has 3 heteroatoms. The van der Waals surface area contributed by atoms with Gasteiger partial charge in [-0.05, 0) is 30.2 Å². The molecule has 0 bridgehead atoms. The zero-order valence-corrected chi connectivity index (χ0v) is 10.2. The first-order chi connectivity index (χ1) is 7.70. The van der Waals surface area contributed by atoms with Crippen molar-refractivity contribution in [3.05, 3.63) is 35.4 Å². The molecular formula is C13H16O2S. The third kappa shape index (κ3) is 2.24. The maximum atomic E-state index is 11.2. The van der Waals surface area contributed by atoms with Crippen molar-refractivity contribution in [2.75, 3.05) is 11.5 Å². The van der Waals surface area contributed by atoms with Gasteiger partial charge in [-0.1, -0.05) is 24.3 Å². The van der Waals surface area contributed by atoms with Gasteiger partial charge in [0, 0.05) is 11.7 Å². The van der Waals surface area contributed by atoms with Gasteiger partial charge in [0.25, 0.3) is 0 Å². The number of aliphatic carboxylic acids is 1. The Kier molecular flexibility index (Phi) is 3.54. The third-order valence-electron chi connectivity index (χ3n) is 3.26. The monoisotopic (exact) mass is 236 g/mol. The first-order valence-electron chi connectivity index (χ1n) is 5.56. The number of hydrogen-bond donors (Lipinski definition) is 1. The Morgan fingerprint density at radius 1 is 1.44 bits per heavy atom. The highest BCUT2D eigenvalue weighted by Crippen LogP contribution is 2.37. The minimum absolute atomic E-state index is 0.178. The van der Waals surface area contributed by atoms with Crippen LogP contribution in [0.5, 0.6) is 0 Å². The first-order valence-corrected chi connectivity index (χ1v) is 6.71. The number of carboxylic acid groups (broad SMARTS) is 1. The molecule has 1 aliphatic rings. The van der Waals surface area contributed by atoms with E-state index in [1.54, 1.807) is 0 Å². The van der Waals surface area contributed by atoms with E-state index in [2.05, 4.69) is 19.1 Å². The quantitative estimate of drug-likeness (QED) is 0.858. The molecule has 0 amide bonds. The summed E-state index contributed by atoms with van der Waals surface area (Å²) in [4.78, 5) is 11.2. The summed E-state index contributed by atoms with van der Waals surface area (Å²) < 4.78 is 0. The highest BCUT2D eigenvalue weighted by atomic mass is 32.2. The van der Waals surface area contributed by atoms with E-state index in [0.717, 1.165) is 17.9 Å². The van der Waals surface area contributed by atoms with Gasteiger partial charge in [-0.2, -0.15) is 11.8 Å². The molecule has 1 fully saturated rings. The summed E-state index contributed by atoms with van der Waals surface area (Å²) in [6.07, 6.45) is 0.791. The molecule has 1 aromatic carbocycles. The Bertz CT molecular complexity index is 389. The van der Waals surface area contributed by atoms with E-state index in [0.29, 0.717) is 0 Å². The van der Waals surface area contributed by atoms with Crippen LogP contribution in [0.25, 0.3) is 0 Å². The SMILES string of the molecule is Cc1ccccc1C1CSCCC1C(=O)O. The number of benzene rings is 1. The van der Waals surface area contributed by atoms with Crippen LogP contribution in [-0.2, 0) is 4.79 Å². The molecule has 2 atom stereocenters. The molecule has 0 aromatic heterocycles. The van der Waals surface area contributed by atoms with Crippen molar-refractivity contribution in [1.82, 2.24) is 0 Å². The van der Waals surface area contributed by atoms with Crippen molar-refractivity contribution in [3.8, 4) is 0 Å². The van der Waals surface area contributed by atoms with Crippen LogP contribution in [0, 0.1) is 12.8 Å². The molecule has 0 saturated carbocycles. The Hall–Kier alpha value is -0.960. The summed E-state index contributed by atoms with van der Waals surface area (Å²) in [5.41, 5.74) is 2.42. The number of thioether (sulfide) groups is 1. The van der Waals surface area contributed by atoms with Gasteiger partial charge in [-0.25, -0.2) is 0 Å². The minimum atomic E-state index is -0.645. The van der Waals surface area contributed by atoms with E-state index >= 15 is 0 Å². The molecule has 0 radical (unpaired) electrons.